The van der Waals surface area contributed by atoms with E-state index in [1.807, 2.05) is 6.92 Å². The van der Waals surface area contributed by atoms with Gasteiger partial charge in [0.05, 0.1) is 12.0 Å². The number of hydrogen-bond donors (Lipinski definition) is 1. The third kappa shape index (κ3) is 3.77. The molecule has 1 heterocycles. The average molecular weight is 265 g/mol. The topological polar surface area (TPSA) is 94.4 Å². The van der Waals surface area contributed by atoms with E-state index in [2.05, 4.69) is 21.6 Å². The molecule has 0 aliphatic rings. The van der Waals surface area contributed by atoms with Crippen LogP contribution in [0.25, 0.3) is 0 Å². The molecule has 0 aliphatic carbocycles. The summed E-state index contributed by atoms with van der Waals surface area (Å²) in [7, 11) is 1.22. The predicted molar refractivity (Wildman–Crippen MR) is 70.1 cm³/mol. The van der Waals surface area contributed by atoms with Gasteiger partial charge in [-0.25, -0.2) is 9.78 Å². The van der Waals surface area contributed by atoms with Gasteiger partial charge in [-0.15, -0.1) is 6.58 Å². The van der Waals surface area contributed by atoms with Crippen LogP contribution >= 0.6 is 0 Å². The molecule has 7 heteroatoms. The van der Waals surface area contributed by atoms with E-state index in [0.717, 1.165) is 0 Å². The Balaban J connectivity index is 3.11. The van der Waals surface area contributed by atoms with Crippen molar-refractivity contribution in [2.75, 3.05) is 12.4 Å². The molecule has 0 aromatic carbocycles. The standard InChI is InChI=1S/C12H15N3O4/c1-4-5-8(2)13-11-10(15(17)18)7-6-9(14-11)12(16)19-3/h4,6-8H,1,5H2,2-3H3,(H,13,14). The fourth-order valence-corrected chi connectivity index (χ4v) is 1.47. The summed E-state index contributed by atoms with van der Waals surface area (Å²) in [6, 6.07) is 2.40. The van der Waals surface area contributed by atoms with E-state index in [1.54, 1.807) is 6.08 Å². The molecular formula is C12H15N3O4. The first-order chi connectivity index (χ1) is 8.99. The second-order valence-electron chi connectivity index (χ2n) is 3.88. The number of aromatic nitrogens is 1. The Labute approximate surface area is 110 Å². The van der Waals surface area contributed by atoms with Crippen molar-refractivity contribution in [2.24, 2.45) is 0 Å². The third-order valence-corrected chi connectivity index (χ3v) is 2.37. The molecule has 0 radical (unpaired) electrons. The van der Waals surface area contributed by atoms with E-state index < -0.39 is 10.9 Å². The van der Waals surface area contributed by atoms with Gasteiger partial charge in [-0.05, 0) is 19.4 Å². The molecule has 0 spiro atoms. The van der Waals surface area contributed by atoms with Gasteiger partial charge in [0.15, 0.2) is 5.69 Å². The van der Waals surface area contributed by atoms with Crippen LogP contribution < -0.4 is 5.32 Å². The molecular weight excluding hydrogens is 250 g/mol. The van der Waals surface area contributed by atoms with E-state index >= 15 is 0 Å². The van der Waals surface area contributed by atoms with E-state index in [9.17, 15) is 14.9 Å². The largest absolute Gasteiger partial charge is 0.464 e. The first-order valence-electron chi connectivity index (χ1n) is 5.60. The van der Waals surface area contributed by atoms with Crippen molar-refractivity contribution in [3.8, 4) is 0 Å². The quantitative estimate of drug-likeness (QED) is 0.366. The summed E-state index contributed by atoms with van der Waals surface area (Å²) in [6.45, 7) is 5.42. The van der Waals surface area contributed by atoms with Crippen molar-refractivity contribution in [3.63, 3.8) is 0 Å². The molecule has 1 aromatic heterocycles. The fraction of sp³-hybridized carbons (Fsp3) is 0.333. The predicted octanol–water partition coefficient (Wildman–Crippen LogP) is 2.15. The maximum Gasteiger partial charge on any atom is 0.356 e. The molecule has 1 rings (SSSR count). The maximum atomic E-state index is 11.4. The zero-order chi connectivity index (χ0) is 14.4. The Bertz CT molecular complexity index is 502. The number of hydrogen-bond acceptors (Lipinski definition) is 6. The molecule has 1 atom stereocenters. The van der Waals surface area contributed by atoms with Crippen LogP contribution in [0, 0.1) is 10.1 Å². The van der Waals surface area contributed by atoms with Gasteiger partial charge in [0.1, 0.15) is 0 Å². The van der Waals surface area contributed by atoms with Gasteiger partial charge < -0.3 is 10.1 Å². The average Bonchev–Trinajstić information content (AvgIpc) is 2.37. The fourth-order valence-electron chi connectivity index (χ4n) is 1.47. The number of rotatable bonds is 6. The summed E-state index contributed by atoms with van der Waals surface area (Å²) < 4.78 is 4.53. The number of ether oxygens (including phenoxy) is 1. The van der Waals surface area contributed by atoms with Crippen molar-refractivity contribution < 1.29 is 14.5 Å². The zero-order valence-corrected chi connectivity index (χ0v) is 10.8. The van der Waals surface area contributed by atoms with Gasteiger partial charge in [0.25, 0.3) is 0 Å². The maximum absolute atomic E-state index is 11.4. The highest BCUT2D eigenvalue weighted by atomic mass is 16.6. The monoisotopic (exact) mass is 265 g/mol. The number of anilines is 1. The number of methoxy groups -OCH3 is 1. The highest BCUT2D eigenvalue weighted by Crippen LogP contribution is 2.23. The number of pyridine rings is 1. The highest BCUT2D eigenvalue weighted by Gasteiger charge is 2.20. The van der Waals surface area contributed by atoms with Crippen LogP contribution in [-0.4, -0.2) is 29.0 Å². The Hall–Kier alpha value is -2.44. The molecule has 0 bridgehead atoms. The van der Waals surface area contributed by atoms with Gasteiger partial charge in [0.2, 0.25) is 5.82 Å². The van der Waals surface area contributed by atoms with Crippen molar-refractivity contribution in [2.45, 2.75) is 19.4 Å². The summed E-state index contributed by atoms with van der Waals surface area (Å²) in [4.78, 5) is 25.6. The van der Waals surface area contributed by atoms with Crippen molar-refractivity contribution in [1.82, 2.24) is 4.98 Å². The van der Waals surface area contributed by atoms with Crippen LogP contribution in [0.2, 0.25) is 0 Å². The molecule has 7 nitrogen and oxygen atoms in total. The molecule has 0 aliphatic heterocycles. The van der Waals surface area contributed by atoms with Crippen LogP contribution in [0.3, 0.4) is 0 Å². The highest BCUT2D eigenvalue weighted by molar-refractivity contribution is 5.88. The minimum atomic E-state index is -0.644. The Morgan fingerprint density at radius 3 is 2.89 bits per heavy atom. The molecule has 102 valence electrons. The Morgan fingerprint density at radius 2 is 2.37 bits per heavy atom. The third-order valence-electron chi connectivity index (χ3n) is 2.37. The minimum Gasteiger partial charge on any atom is -0.464 e. The number of nitrogens with one attached hydrogen (secondary N) is 1. The van der Waals surface area contributed by atoms with Crippen LogP contribution in [0.4, 0.5) is 11.5 Å². The van der Waals surface area contributed by atoms with Crippen molar-refractivity contribution >= 4 is 17.5 Å². The second kappa shape index (κ2) is 6.48. The summed E-state index contributed by atoms with van der Waals surface area (Å²) in [6.07, 6.45) is 2.30. The lowest BCUT2D eigenvalue weighted by molar-refractivity contribution is -0.384. The summed E-state index contributed by atoms with van der Waals surface area (Å²) in [5.74, 6) is -0.600. The summed E-state index contributed by atoms with van der Waals surface area (Å²) in [5.41, 5.74) is -0.176. The molecule has 0 fully saturated rings. The van der Waals surface area contributed by atoms with E-state index in [1.165, 1.54) is 19.2 Å². The van der Waals surface area contributed by atoms with E-state index in [-0.39, 0.29) is 23.2 Å². The number of esters is 1. The normalized spacial score (nSPS) is 11.5. The van der Waals surface area contributed by atoms with Crippen LogP contribution in [-0.2, 0) is 4.74 Å². The SMILES string of the molecule is C=CCC(C)Nc1nc(C(=O)OC)ccc1[N+](=O)[O-]. The Morgan fingerprint density at radius 1 is 1.68 bits per heavy atom. The van der Waals surface area contributed by atoms with Gasteiger partial charge in [-0.3, -0.25) is 10.1 Å². The molecule has 0 saturated heterocycles. The van der Waals surface area contributed by atoms with Crippen LogP contribution in [0.5, 0.6) is 0 Å². The number of carbonyl (C=O) groups is 1. The van der Waals surface area contributed by atoms with Crippen LogP contribution in [0.1, 0.15) is 23.8 Å². The van der Waals surface area contributed by atoms with Gasteiger partial charge in [0, 0.05) is 12.1 Å². The smallest absolute Gasteiger partial charge is 0.356 e. The lowest BCUT2D eigenvalue weighted by Gasteiger charge is -2.12. The number of carbonyl (C=O) groups excluding carboxylic acids is 1. The van der Waals surface area contributed by atoms with Crippen molar-refractivity contribution in [1.29, 1.82) is 0 Å². The summed E-state index contributed by atoms with van der Waals surface area (Å²) >= 11 is 0. The van der Waals surface area contributed by atoms with Gasteiger partial charge >= 0.3 is 11.7 Å². The first kappa shape index (κ1) is 14.6. The van der Waals surface area contributed by atoms with Gasteiger partial charge in [-0.2, -0.15) is 0 Å². The number of nitrogens with zero attached hydrogens (tertiary/aromatic N) is 2. The molecule has 0 amide bonds. The molecule has 1 aromatic rings. The summed E-state index contributed by atoms with van der Waals surface area (Å²) in [5, 5.41) is 13.8. The minimum absolute atomic E-state index is 0.0152. The molecule has 19 heavy (non-hydrogen) atoms. The number of nitro groups is 1. The van der Waals surface area contributed by atoms with E-state index in [0.29, 0.717) is 6.42 Å². The molecule has 0 saturated carbocycles. The molecule has 1 unspecified atom stereocenters. The zero-order valence-electron chi connectivity index (χ0n) is 10.8. The van der Waals surface area contributed by atoms with Crippen molar-refractivity contribution in [3.05, 3.63) is 40.6 Å². The lowest BCUT2D eigenvalue weighted by atomic mass is 10.2. The first-order valence-corrected chi connectivity index (χ1v) is 5.60. The van der Waals surface area contributed by atoms with Gasteiger partial charge in [-0.1, -0.05) is 6.08 Å². The Kier molecular flexibility index (Phi) is 4.99. The second-order valence-corrected chi connectivity index (χ2v) is 3.88. The lowest BCUT2D eigenvalue weighted by Crippen LogP contribution is -2.17. The van der Waals surface area contributed by atoms with E-state index in [4.69, 9.17) is 0 Å². The molecule has 1 N–H and O–H groups in total. The van der Waals surface area contributed by atoms with Crippen LogP contribution in [0.15, 0.2) is 24.8 Å².